The summed E-state index contributed by atoms with van der Waals surface area (Å²) in [6, 6.07) is 4.70. The van der Waals surface area contributed by atoms with Crippen molar-refractivity contribution in [1.29, 1.82) is 0 Å². The largest absolute Gasteiger partial charge is 0.481 e. The van der Waals surface area contributed by atoms with Crippen LogP contribution in [0, 0.1) is 5.41 Å². The van der Waals surface area contributed by atoms with E-state index in [0.717, 1.165) is 0 Å². The van der Waals surface area contributed by atoms with Gasteiger partial charge in [-0.05, 0) is 31.9 Å². The molecular formula is C14H16Cl2N2O3. The molecule has 5 nitrogen and oxygen atoms in total. The van der Waals surface area contributed by atoms with Crippen molar-refractivity contribution in [2.75, 3.05) is 18.4 Å². The highest BCUT2D eigenvalue weighted by atomic mass is 35.5. The van der Waals surface area contributed by atoms with Crippen LogP contribution in [0.15, 0.2) is 18.2 Å². The van der Waals surface area contributed by atoms with Crippen molar-refractivity contribution < 1.29 is 14.7 Å². The van der Waals surface area contributed by atoms with Gasteiger partial charge >= 0.3 is 12.0 Å². The van der Waals surface area contributed by atoms with Crippen molar-refractivity contribution in [3.05, 3.63) is 28.2 Å². The molecule has 2 amide bonds. The molecule has 2 rings (SSSR count). The number of carboxylic acids is 1. The molecular weight excluding hydrogens is 315 g/mol. The minimum absolute atomic E-state index is 0.292. The topological polar surface area (TPSA) is 69.6 Å². The molecule has 1 saturated heterocycles. The molecule has 7 heteroatoms. The summed E-state index contributed by atoms with van der Waals surface area (Å²) in [5.74, 6) is -0.819. The average molecular weight is 331 g/mol. The van der Waals surface area contributed by atoms with Crippen molar-refractivity contribution in [3.8, 4) is 0 Å². The molecule has 0 bridgehead atoms. The molecule has 21 heavy (non-hydrogen) atoms. The van der Waals surface area contributed by atoms with Crippen molar-refractivity contribution in [3.63, 3.8) is 0 Å². The SMILES string of the molecule is CC1(C(=O)O)CCN(C(=O)Nc2cccc(Cl)c2Cl)CC1. The van der Waals surface area contributed by atoms with Gasteiger partial charge in [-0.1, -0.05) is 29.3 Å². The number of carbonyl (C=O) groups excluding carboxylic acids is 1. The molecule has 1 aromatic carbocycles. The lowest BCUT2D eigenvalue weighted by Gasteiger charge is -2.36. The first-order valence-corrected chi connectivity index (χ1v) is 7.32. The molecule has 1 aromatic rings. The van der Waals surface area contributed by atoms with E-state index in [1.54, 1.807) is 30.0 Å². The van der Waals surface area contributed by atoms with E-state index in [-0.39, 0.29) is 6.03 Å². The molecule has 0 spiro atoms. The average Bonchev–Trinajstić information content (AvgIpc) is 2.44. The van der Waals surface area contributed by atoms with E-state index >= 15 is 0 Å². The summed E-state index contributed by atoms with van der Waals surface area (Å²) in [6.45, 7) is 2.50. The van der Waals surface area contributed by atoms with Gasteiger partial charge < -0.3 is 15.3 Å². The van der Waals surface area contributed by atoms with Crippen LogP contribution in [0.4, 0.5) is 10.5 Å². The number of amides is 2. The van der Waals surface area contributed by atoms with Crippen LogP contribution in [-0.2, 0) is 4.79 Å². The van der Waals surface area contributed by atoms with Crippen LogP contribution in [0.25, 0.3) is 0 Å². The van der Waals surface area contributed by atoms with E-state index in [1.165, 1.54) is 0 Å². The number of carboxylic acid groups (broad SMARTS) is 1. The number of anilines is 1. The van der Waals surface area contributed by atoms with Crippen LogP contribution in [-0.4, -0.2) is 35.1 Å². The molecule has 0 radical (unpaired) electrons. The fourth-order valence-corrected chi connectivity index (χ4v) is 2.56. The van der Waals surface area contributed by atoms with E-state index < -0.39 is 11.4 Å². The predicted molar refractivity (Wildman–Crippen MR) is 82.0 cm³/mol. The third kappa shape index (κ3) is 3.41. The lowest BCUT2D eigenvalue weighted by molar-refractivity contribution is -0.150. The third-order valence-electron chi connectivity index (χ3n) is 3.86. The van der Waals surface area contributed by atoms with Crippen molar-refractivity contribution in [1.82, 2.24) is 4.90 Å². The minimum atomic E-state index is -0.819. The Kier molecular flexibility index (Phi) is 4.64. The van der Waals surface area contributed by atoms with Gasteiger partial charge in [0, 0.05) is 13.1 Å². The Morgan fingerprint density at radius 1 is 1.29 bits per heavy atom. The summed E-state index contributed by atoms with van der Waals surface area (Å²) < 4.78 is 0. The van der Waals surface area contributed by atoms with Gasteiger partial charge in [0.05, 0.1) is 21.1 Å². The Bertz CT molecular complexity index is 569. The summed E-state index contributed by atoms with van der Waals surface area (Å²) in [5.41, 5.74) is -0.314. The summed E-state index contributed by atoms with van der Waals surface area (Å²) in [5, 5.41) is 12.5. The van der Waals surface area contributed by atoms with Crippen LogP contribution in [0.2, 0.25) is 10.0 Å². The summed E-state index contributed by atoms with van der Waals surface area (Å²) in [4.78, 5) is 24.9. The second kappa shape index (κ2) is 6.12. The fraction of sp³-hybridized carbons (Fsp3) is 0.429. The lowest BCUT2D eigenvalue weighted by Crippen LogP contribution is -2.46. The molecule has 114 valence electrons. The highest BCUT2D eigenvalue weighted by Gasteiger charge is 2.38. The number of carbonyl (C=O) groups is 2. The number of aliphatic carboxylic acids is 1. The standard InChI is InChI=1S/C14H16Cl2N2O3/c1-14(12(19)20)5-7-18(8-6-14)13(21)17-10-4-2-3-9(15)11(10)16/h2-4H,5-8H2,1H3,(H,17,21)(H,19,20). The Balaban J connectivity index is 2.00. The second-order valence-corrected chi connectivity index (χ2v) is 6.17. The number of hydrogen-bond acceptors (Lipinski definition) is 2. The highest BCUT2D eigenvalue weighted by Crippen LogP contribution is 2.32. The number of piperidine rings is 1. The predicted octanol–water partition coefficient (Wildman–Crippen LogP) is 3.71. The molecule has 1 aliphatic heterocycles. The first-order valence-electron chi connectivity index (χ1n) is 6.57. The highest BCUT2D eigenvalue weighted by molar-refractivity contribution is 6.43. The first-order chi connectivity index (χ1) is 9.83. The monoisotopic (exact) mass is 330 g/mol. The van der Waals surface area contributed by atoms with E-state index in [1.807, 2.05) is 0 Å². The number of urea groups is 1. The van der Waals surface area contributed by atoms with Gasteiger partial charge in [0.1, 0.15) is 0 Å². The molecule has 1 fully saturated rings. The number of hydrogen-bond donors (Lipinski definition) is 2. The molecule has 0 atom stereocenters. The van der Waals surface area contributed by atoms with Gasteiger partial charge in [0.2, 0.25) is 0 Å². The second-order valence-electron chi connectivity index (χ2n) is 5.38. The van der Waals surface area contributed by atoms with Gasteiger partial charge in [-0.2, -0.15) is 0 Å². The summed E-state index contributed by atoms with van der Waals surface area (Å²) in [7, 11) is 0. The van der Waals surface area contributed by atoms with Gasteiger partial charge in [0.15, 0.2) is 0 Å². The smallest absolute Gasteiger partial charge is 0.321 e. The molecule has 2 N–H and O–H groups in total. The van der Waals surface area contributed by atoms with Crippen LogP contribution in [0.3, 0.4) is 0 Å². The van der Waals surface area contributed by atoms with Gasteiger partial charge in [-0.15, -0.1) is 0 Å². The number of nitrogens with one attached hydrogen (secondary N) is 1. The number of rotatable bonds is 2. The zero-order valence-corrected chi connectivity index (χ0v) is 13.0. The van der Waals surface area contributed by atoms with E-state index in [4.69, 9.17) is 23.2 Å². The molecule has 0 unspecified atom stereocenters. The van der Waals surface area contributed by atoms with E-state index in [9.17, 15) is 14.7 Å². The molecule has 1 aliphatic rings. The van der Waals surface area contributed by atoms with Crippen molar-refractivity contribution in [2.24, 2.45) is 5.41 Å². The van der Waals surface area contributed by atoms with Gasteiger partial charge in [-0.3, -0.25) is 4.79 Å². The molecule has 0 saturated carbocycles. The number of benzene rings is 1. The van der Waals surface area contributed by atoms with Crippen LogP contribution >= 0.6 is 23.2 Å². The van der Waals surface area contributed by atoms with E-state index in [0.29, 0.717) is 41.7 Å². The Morgan fingerprint density at radius 2 is 1.90 bits per heavy atom. The Labute approximate surface area is 132 Å². The number of likely N-dealkylation sites (tertiary alicyclic amines) is 1. The number of halogens is 2. The van der Waals surface area contributed by atoms with Crippen molar-refractivity contribution in [2.45, 2.75) is 19.8 Å². The maximum atomic E-state index is 12.2. The normalized spacial score (nSPS) is 17.4. The summed E-state index contributed by atoms with van der Waals surface area (Å²) >= 11 is 11.9. The van der Waals surface area contributed by atoms with E-state index in [2.05, 4.69) is 5.32 Å². The quantitative estimate of drug-likeness (QED) is 0.868. The maximum absolute atomic E-state index is 12.2. The zero-order chi connectivity index (χ0) is 15.6. The zero-order valence-electron chi connectivity index (χ0n) is 11.5. The first kappa shape index (κ1) is 15.9. The minimum Gasteiger partial charge on any atom is -0.481 e. The number of nitrogens with zero attached hydrogens (tertiary/aromatic N) is 1. The van der Waals surface area contributed by atoms with Crippen molar-refractivity contribution >= 4 is 40.9 Å². The van der Waals surface area contributed by atoms with Gasteiger partial charge in [0.25, 0.3) is 0 Å². The third-order valence-corrected chi connectivity index (χ3v) is 4.68. The van der Waals surface area contributed by atoms with Crippen LogP contribution < -0.4 is 5.32 Å². The van der Waals surface area contributed by atoms with Crippen LogP contribution in [0.1, 0.15) is 19.8 Å². The van der Waals surface area contributed by atoms with Gasteiger partial charge in [-0.25, -0.2) is 4.79 Å². The Hall–Kier alpha value is -1.46. The van der Waals surface area contributed by atoms with Crippen LogP contribution in [0.5, 0.6) is 0 Å². The molecule has 0 aromatic heterocycles. The fourth-order valence-electron chi connectivity index (χ4n) is 2.21. The molecule has 0 aliphatic carbocycles. The maximum Gasteiger partial charge on any atom is 0.321 e. The lowest BCUT2D eigenvalue weighted by atomic mass is 9.80. The Morgan fingerprint density at radius 3 is 2.48 bits per heavy atom. The molecule has 1 heterocycles. The summed E-state index contributed by atoms with van der Waals surface area (Å²) in [6.07, 6.45) is 0.859.